The van der Waals surface area contributed by atoms with E-state index in [4.69, 9.17) is 4.74 Å². The summed E-state index contributed by atoms with van der Waals surface area (Å²) in [5.41, 5.74) is 2.88. The number of nitrogens with zero attached hydrogens (tertiary/aromatic N) is 2. The molecule has 134 valence electrons. The number of amides is 1. The molecular formula is C21H22N2O2S. The molecule has 0 saturated carbocycles. The summed E-state index contributed by atoms with van der Waals surface area (Å²) in [5.74, 6) is 0.858. The van der Waals surface area contributed by atoms with Gasteiger partial charge in [-0.05, 0) is 66.6 Å². The summed E-state index contributed by atoms with van der Waals surface area (Å²) in [5, 5.41) is 0.736. The summed E-state index contributed by atoms with van der Waals surface area (Å²) >= 11 is 1.43. The summed E-state index contributed by atoms with van der Waals surface area (Å²) in [7, 11) is 1.66. The van der Waals surface area contributed by atoms with E-state index in [0.717, 1.165) is 34.2 Å². The SMILES string of the molecule is CCCN1C(=O)/C(=C/c2ccc(OC)c(C)c2)SC1=Nc1ccccc1. The molecule has 1 amide bonds. The number of aryl methyl sites for hydroxylation is 1. The Morgan fingerprint density at radius 3 is 2.62 bits per heavy atom. The van der Waals surface area contributed by atoms with E-state index in [1.165, 1.54) is 11.8 Å². The quantitative estimate of drug-likeness (QED) is 0.698. The van der Waals surface area contributed by atoms with Gasteiger partial charge in [-0.25, -0.2) is 4.99 Å². The van der Waals surface area contributed by atoms with Crippen LogP contribution in [0.5, 0.6) is 5.75 Å². The van der Waals surface area contributed by atoms with Crippen molar-refractivity contribution in [3.05, 3.63) is 64.6 Å². The number of ether oxygens (including phenoxy) is 1. The molecule has 1 heterocycles. The molecule has 0 unspecified atom stereocenters. The van der Waals surface area contributed by atoms with Gasteiger partial charge in [-0.15, -0.1) is 0 Å². The van der Waals surface area contributed by atoms with Gasteiger partial charge in [-0.2, -0.15) is 0 Å². The molecule has 0 radical (unpaired) electrons. The first kappa shape index (κ1) is 18.3. The highest BCUT2D eigenvalue weighted by atomic mass is 32.2. The molecule has 0 bridgehead atoms. The predicted molar refractivity (Wildman–Crippen MR) is 109 cm³/mol. The minimum Gasteiger partial charge on any atom is -0.496 e. The molecule has 0 spiro atoms. The summed E-state index contributed by atoms with van der Waals surface area (Å²) in [6.45, 7) is 4.72. The Balaban J connectivity index is 1.92. The number of aliphatic imine (C=N–C) groups is 1. The van der Waals surface area contributed by atoms with Crippen LogP contribution in [0.4, 0.5) is 5.69 Å². The Morgan fingerprint density at radius 2 is 1.96 bits per heavy atom. The topological polar surface area (TPSA) is 41.9 Å². The predicted octanol–water partition coefficient (Wildman–Crippen LogP) is 5.02. The molecule has 0 N–H and O–H groups in total. The van der Waals surface area contributed by atoms with E-state index >= 15 is 0 Å². The van der Waals surface area contributed by atoms with E-state index in [-0.39, 0.29) is 5.91 Å². The Hall–Kier alpha value is -2.53. The fourth-order valence-corrected chi connectivity index (χ4v) is 3.79. The maximum Gasteiger partial charge on any atom is 0.266 e. The number of hydrogen-bond donors (Lipinski definition) is 0. The van der Waals surface area contributed by atoms with Gasteiger partial charge in [0.15, 0.2) is 5.17 Å². The zero-order valence-electron chi connectivity index (χ0n) is 15.2. The number of methoxy groups -OCH3 is 1. The van der Waals surface area contributed by atoms with Crippen molar-refractivity contribution in [2.24, 2.45) is 4.99 Å². The molecule has 1 aliphatic rings. The van der Waals surface area contributed by atoms with E-state index < -0.39 is 0 Å². The second-order valence-corrected chi connectivity index (χ2v) is 7.04. The maximum absolute atomic E-state index is 12.8. The molecule has 3 rings (SSSR count). The van der Waals surface area contributed by atoms with Crippen molar-refractivity contribution in [3.8, 4) is 5.75 Å². The lowest BCUT2D eigenvalue weighted by molar-refractivity contribution is -0.122. The largest absolute Gasteiger partial charge is 0.496 e. The van der Waals surface area contributed by atoms with Gasteiger partial charge in [0.25, 0.3) is 5.91 Å². The third kappa shape index (κ3) is 3.99. The van der Waals surface area contributed by atoms with Gasteiger partial charge in [-0.1, -0.05) is 31.2 Å². The van der Waals surface area contributed by atoms with Crippen LogP contribution in [0.15, 0.2) is 58.4 Å². The van der Waals surface area contributed by atoms with Crippen LogP contribution in [0.2, 0.25) is 0 Å². The third-order valence-electron chi connectivity index (χ3n) is 4.03. The molecule has 2 aromatic carbocycles. The highest BCUT2D eigenvalue weighted by Gasteiger charge is 2.32. The number of carbonyl (C=O) groups is 1. The average molecular weight is 366 g/mol. The molecule has 0 aliphatic carbocycles. The van der Waals surface area contributed by atoms with Crippen molar-refractivity contribution in [1.29, 1.82) is 0 Å². The summed E-state index contributed by atoms with van der Waals surface area (Å²) in [6.07, 6.45) is 2.81. The van der Waals surface area contributed by atoms with E-state index in [0.29, 0.717) is 11.4 Å². The van der Waals surface area contributed by atoms with E-state index in [1.54, 1.807) is 12.0 Å². The summed E-state index contributed by atoms with van der Waals surface area (Å²) in [6, 6.07) is 15.6. The minimum atomic E-state index is 0.0139. The van der Waals surface area contributed by atoms with Crippen molar-refractivity contribution >= 4 is 34.6 Å². The lowest BCUT2D eigenvalue weighted by Gasteiger charge is -2.13. The van der Waals surface area contributed by atoms with Gasteiger partial charge < -0.3 is 4.74 Å². The van der Waals surface area contributed by atoms with Gasteiger partial charge in [0.05, 0.1) is 17.7 Å². The minimum absolute atomic E-state index is 0.0139. The van der Waals surface area contributed by atoms with Crippen molar-refractivity contribution in [2.75, 3.05) is 13.7 Å². The van der Waals surface area contributed by atoms with Crippen molar-refractivity contribution < 1.29 is 9.53 Å². The van der Waals surface area contributed by atoms with E-state index in [1.807, 2.05) is 61.5 Å². The van der Waals surface area contributed by atoms with Gasteiger partial charge in [0, 0.05) is 6.54 Å². The number of carbonyl (C=O) groups excluding carboxylic acids is 1. The van der Waals surface area contributed by atoms with Crippen LogP contribution in [-0.4, -0.2) is 29.6 Å². The molecule has 0 aromatic heterocycles. The van der Waals surface area contributed by atoms with Gasteiger partial charge >= 0.3 is 0 Å². The zero-order chi connectivity index (χ0) is 18.5. The Kier molecular flexibility index (Phi) is 5.78. The van der Waals surface area contributed by atoms with Crippen LogP contribution < -0.4 is 4.74 Å². The number of benzene rings is 2. The molecule has 4 nitrogen and oxygen atoms in total. The first-order valence-electron chi connectivity index (χ1n) is 8.62. The van der Waals surface area contributed by atoms with E-state index in [9.17, 15) is 4.79 Å². The molecule has 26 heavy (non-hydrogen) atoms. The van der Waals surface area contributed by atoms with Gasteiger partial charge in [-0.3, -0.25) is 9.69 Å². The number of hydrogen-bond acceptors (Lipinski definition) is 4. The normalized spacial score (nSPS) is 17.3. The van der Waals surface area contributed by atoms with Crippen LogP contribution in [-0.2, 0) is 4.79 Å². The molecule has 1 fully saturated rings. The highest BCUT2D eigenvalue weighted by Crippen LogP contribution is 2.34. The van der Waals surface area contributed by atoms with Gasteiger partial charge in [0.1, 0.15) is 5.75 Å². The fourth-order valence-electron chi connectivity index (χ4n) is 2.77. The zero-order valence-corrected chi connectivity index (χ0v) is 16.0. The fraction of sp³-hybridized carbons (Fsp3) is 0.238. The Bertz CT molecular complexity index is 860. The molecule has 1 aliphatic heterocycles. The smallest absolute Gasteiger partial charge is 0.266 e. The van der Waals surface area contributed by atoms with E-state index in [2.05, 4.69) is 11.9 Å². The standard InChI is InChI=1S/C21H22N2O2S/c1-4-12-23-20(24)19(14-16-10-11-18(25-3)15(2)13-16)26-21(23)22-17-8-6-5-7-9-17/h5-11,13-14H,4,12H2,1-3H3/b19-14-,22-21?. The van der Waals surface area contributed by atoms with Gasteiger partial charge in [0.2, 0.25) is 0 Å². The lowest BCUT2D eigenvalue weighted by atomic mass is 10.1. The van der Waals surface area contributed by atoms with Crippen LogP contribution in [0.1, 0.15) is 24.5 Å². The van der Waals surface area contributed by atoms with Crippen LogP contribution in [0.3, 0.4) is 0 Å². The molecular weight excluding hydrogens is 344 g/mol. The highest BCUT2D eigenvalue weighted by molar-refractivity contribution is 8.18. The van der Waals surface area contributed by atoms with Crippen molar-refractivity contribution in [1.82, 2.24) is 4.90 Å². The first-order chi connectivity index (χ1) is 12.6. The molecule has 1 saturated heterocycles. The average Bonchev–Trinajstić information content (AvgIpc) is 2.92. The number of para-hydroxylation sites is 1. The Labute approximate surface area is 158 Å². The van der Waals surface area contributed by atoms with Crippen molar-refractivity contribution in [2.45, 2.75) is 20.3 Å². The molecule has 5 heteroatoms. The summed E-state index contributed by atoms with van der Waals surface area (Å²) < 4.78 is 5.30. The second-order valence-electron chi connectivity index (χ2n) is 6.03. The summed E-state index contributed by atoms with van der Waals surface area (Å²) in [4.78, 5) is 20.0. The number of amidine groups is 1. The number of thioether (sulfide) groups is 1. The molecule has 0 atom stereocenters. The van der Waals surface area contributed by atoms with Crippen LogP contribution >= 0.6 is 11.8 Å². The van der Waals surface area contributed by atoms with Crippen LogP contribution in [0, 0.1) is 6.92 Å². The second kappa shape index (κ2) is 8.23. The number of rotatable bonds is 5. The lowest BCUT2D eigenvalue weighted by Crippen LogP contribution is -2.29. The third-order valence-corrected chi connectivity index (χ3v) is 5.04. The maximum atomic E-state index is 12.8. The Morgan fingerprint density at radius 1 is 1.19 bits per heavy atom. The first-order valence-corrected chi connectivity index (χ1v) is 9.44. The molecule has 2 aromatic rings. The monoisotopic (exact) mass is 366 g/mol. The van der Waals surface area contributed by atoms with Crippen LogP contribution in [0.25, 0.3) is 6.08 Å². The van der Waals surface area contributed by atoms with Crippen molar-refractivity contribution in [3.63, 3.8) is 0 Å².